The first-order chi connectivity index (χ1) is 11.1. The van der Waals surface area contributed by atoms with Crippen LogP contribution in [0.4, 0.5) is 4.39 Å². The van der Waals surface area contributed by atoms with E-state index in [4.69, 9.17) is 9.47 Å². The van der Waals surface area contributed by atoms with Crippen molar-refractivity contribution < 1.29 is 19.0 Å². The predicted molar refractivity (Wildman–Crippen MR) is 86.1 cm³/mol. The van der Waals surface area contributed by atoms with Crippen molar-refractivity contribution >= 4 is 0 Å². The third-order valence-corrected chi connectivity index (χ3v) is 4.80. The standard InChI is InChI=1S/C18H26FNO3/c19-15-6-8-17(9-7-15)23-14-18(21)12-20(10-11-22-13-18)16-4-2-1-3-5-16/h6-9,16,21H,1-5,10-14H2. The summed E-state index contributed by atoms with van der Waals surface area (Å²) < 4.78 is 24.2. The quantitative estimate of drug-likeness (QED) is 0.925. The second kappa shape index (κ2) is 7.60. The maximum absolute atomic E-state index is 12.9. The molecule has 128 valence electrons. The van der Waals surface area contributed by atoms with Gasteiger partial charge in [0.15, 0.2) is 0 Å². The molecule has 1 unspecified atom stereocenters. The van der Waals surface area contributed by atoms with E-state index in [1.165, 1.54) is 44.2 Å². The van der Waals surface area contributed by atoms with Crippen LogP contribution in [-0.2, 0) is 4.74 Å². The summed E-state index contributed by atoms with van der Waals surface area (Å²) >= 11 is 0. The third kappa shape index (κ3) is 4.66. The Bertz CT molecular complexity index is 490. The molecule has 1 aromatic carbocycles. The summed E-state index contributed by atoms with van der Waals surface area (Å²) in [4.78, 5) is 2.36. The number of β-amino-alcohol motifs (C(OH)–C–C–N with tert-alkyl or cyclic N) is 1. The summed E-state index contributed by atoms with van der Waals surface area (Å²) in [7, 11) is 0. The van der Waals surface area contributed by atoms with Crippen LogP contribution in [0.2, 0.25) is 0 Å². The van der Waals surface area contributed by atoms with Crippen molar-refractivity contribution in [2.75, 3.05) is 32.9 Å². The van der Waals surface area contributed by atoms with E-state index in [0.717, 1.165) is 6.54 Å². The Morgan fingerprint density at radius 2 is 1.96 bits per heavy atom. The lowest BCUT2D eigenvalue weighted by molar-refractivity contribution is -0.0681. The minimum atomic E-state index is -1.03. The molecule has 1 aliphatic heterocycles. The van der Waals surface area contributed by atoms with Crippen LogP contribution in [0.1, 0.15) is 32.1 Å². The highest BCUT2D eigenvalue weighted by atomic mass is 19.1. The number of halogens is 1. The van der Waals surface area contributed by atoms with Gasteiger partial charge in [0.1, 0.15) is 23.8 Å². The van der Waals surface area contributed by atoms with Crippen LogP contribution < -0.4 is 4.74 Å². The number of hydrogen-bond acceptors (Lipinski definition) is 4. The zero-order valence-electron chi connectivity index (χ0n) is 13.5. The number of rotatable bonds is 4. The van der Waals surface area contributed by atoms with E-state index >= 15 is 0 Å². The van der Waals surface area contributed by atoms with Gasteiger partial charge in [0.2, 0.25) is 0 Å². The number of hydrogen-bond donors (Lipinski definition) is 1. The molecule has 0 spiro atoms. The Morgan fingerprint density at radius 3 is 2.70 bits per heavy atom. The van der Waals surface area contributed by atoms with Gasteiger partial charge in [-0.15, -0.1) is 0 Å². The lowest BCUT2D eigenvalue weighted by atomic mass is 9.93. The van der Waals surface area contributed by atoms with E-state index < -0.39 is 5.60 Å². The molecule has 0 bridgehead atoms. The fourth-order valence-electron chi connectivity index (χ4n) is 3.54. The fourth-order valence-corrected chi connectivity index (χ4v) is 3.54. The van der Waals surface area contributed by atoms with Crippen molar-refractivity contribution in [3.8, 4) is 5.75 Å². The molecule has 1 saturated carbocycles. The van der Waals surface area contributed by atoms with Crippen molar-refractivity contribution in [1.82, 2.24) is 4.90 Å². The van der Waals surface area contributed by atoms with Gasteiger partial charge in [-0.25, -0.2) is 4.39 Å². The van der Waals surface area contributed by atoms with Gasteiger partial charge in [-0.05, 0) is 37.1 Å². The second-order valence-electron chi connectivity index (χ2n) is 6.78. The fraction of sp³-hybridized carbons (Fsp3) is 0.667. The molecule has 5 heteroatoms. The van der Waals surface area contributed by atoms with Gasteiger partial charge in [-0.3, -0.25) is 4.90 Å². The molecule has 1 saturated heterocycles. The van der Waals surface area contributed by atoms with Crippen LogP contribution in [0.5, 0.6) is 5.75 Å². The van der Waals surface area contributed by atoms with Gasteiger partial charge >= 0.3 is 0 Å². The number of benzene rings is 1. The normalized spacial score (nSPS) is 27.6. The van der Waals surface area contributed by atoms with Crippen molar-refractivity contribution in [2.24, 2.45) is 0 Å². The highest BCUT2D eigenvalue weighted by Gasteiger charge is 2.36. The zero-order valence-corrected chi connectivity index (χ0v) is 13.5. The smallest absolute Gasteiger partial charge is 0.134 e. The summed E-state index contributed by atoms with van der Waals surface area (Å²) in [6, 6.07) is 6.42. The van der Waals surface area contributed by atoms with Crippen LogP contribution in [0.25, 0.3) is 0 Å². The van der Waals surface area contributed by atoms with E-state index in [1.807, 2.05) is 0 Å². The molecule has 0 aromatic heterocycles. The van der Waals surface area contributed by atoms with Gasteiger partial charge in [0.25, 0.3) is 0 Å². The molecule has 2 aliphatic rings. The number of ether oxygens (including phenoxy) is 2. The van der Waals surface area contributed by atoms with Crippen LogP contribution in [-0.4, -0.2) is 54.6 Å². The van der Waals surface area contributed by atoms with Crippen LogP contribution in [0, 0.1) is 5.82 Å². The molecule has 1 heterocycles. The van der Waals surface area contributed by atoms with Gasteiger partial charge in [0, 0.05) is 19.1 Å². The lowest BCUT2D eigenvalue weighted by Crippen LogP contribution is -2.51. The Labute approximate surface area is 137 Å². The Kier molecular flexibility index (Phi) is 5.51. The monoisotopic (exact) mass is 323 g/mol. The van der Waals surface area contributed by atoms with E-state index in [9.17, 15) is 9.50 Å². The molecule has 0 radical (unpaired) electrons. The molecule has 2 fully saturated rings. The average molecular weight is 323 g/mol. The van der Waals surface area contributed by atoms with Crippen molar-refractivity contribution in [3.63, 3.8) is 0 Å². The number of nitrogens with zero attached hydrogens (tertiary/aromatic N) is 1. The summed E-state index contributed by atoms with van der Waals surface area (Å²) in [5.41, 5.74) is -1.03. The topological polar surface area (TPSA) is 41.9 Å². The Morgan fingerprint density at radius 1 is 1.22 bits per heavy atom. The molecule has 1 N–H and O–H groups in total. The summed E-state index contributed by atoms with van der Waals surface area (Å²) in [5.74, 6) is 0.269. The van der Waals surface area contributed by atoms with Crippen molar-refractivity contribution in [3.05, 3.63) is 30.1 Å². The third-order valence-electron chi connectivity index (χ3n) is 4.80. The summed E-state index contributed by atoms with van der Waals surface area (Å²) in [6.45, 7) is 2.51. The molecule has 23 heavy (non-hydrogen) atoms. The molecule has 3 rings (SSSR count). The minimum Gasteiger partial charge on any atom is -0.490 e. The van der Waals surface area contributed by atoms with Crippen LogP contribution >= 0.6 is 0 Å². The van der Waals surface area contributed by atoms with Crippen LogP contribution in [0.15, 0.2) is 24.3 Å². The highest BCUT2D eigenvalue weighted by molar-refractivity contribution is 5.22. The maximum atomic E-state index is 12.9. The Hall–Kier alpha value is -1.17. The molecule has 1 aliphatic carbocycles. The summed E-state index contributed by atoms with van der Waals surface area (Å²) in [5, 5.41) is 10.9. The Balaban J connectivity index is 1.60. The second-order valence-corrected chi connectivity index (χ2v) is 6.78. The number of aliphatic hydroxyl groups is 1. The first-order valence-corrected chi connectivity index (χ1v) is 8.57. The summed E-state index contributed by atoms with van der Waals surface area (Å²) in [6.07, 6.45) is 6.27. The molecule has 1 atom stereocenters. The first-order valence-electron chi connectivity index (χ1n) is 8.57. The zero-order chi connectivity index (χ0) is 16.1. The maximum Gasteiger partial charge on any atom is 0.134 e. The minimum absolute atomic E-state index is 0.155. The largest absolute Gasteiger partial charge is 0.490 e. The molecule has 4 nitrogen and oxygen atoms in total. The van der Waals surface area contributed by atoms with Crippen molar-refractivity contribution in [1.29, 1.82) is 0 Å². The van der Waals surface area contributed by atoms with E-state index in [-0.39, 0.29) is 19.0 Å². The molecular formula is C18H26FNO3. The highest BCUT2D eigenvalue weighted by Crippen LogP contribution is 2.26. The SMILES string of the molecule is OC1(COc2ccc(F)cc2)COCCN(C2CCCCC2)C1. The molecular weight excluding hydrogens is 297 g/mol. The van der Waals surface area contributed by atoms with E-state index in [2.05, 4.69) is 4.90 Å². The first kappa shape index (κ1) is 16.7. The lowest BCUT2D eigenvalue weighted by Gasteiger charge is -2.37. The predicted octanol–water partition coefficient (Wildman–Crippen LogP) is 2.60. The average Bonchev–Trinajstić information content (AvgIpc) is 2.78. The molecule has 0 amide bonds. The van der Waals surface area contributed by atoms with E-state index in [0.29, 0.717) is 24.9 Å². The van der Waals surface area contributed by atoms with Gasteiger partial charge < -0.3 is 14.6 Å². The van der Waals surface area contributed by atoms with Gasteiger partial charge in [-0.1, -0.05) is 19.3 Å². The van der Waals surface area contributed by atoms with Gasteiger partial charge in [0.05, 0.1) is 13.2 Å². The van der Waals surface area contributed by atoms with Crippen LogP contribution in [0.3, 0.4) is 0 Å². The van der Waals surface area contributed by atoms with Crippen molar-refractivity contribution in [2.45, 2.75) is 43.7 Å². The molecule has 1 aromatic rings. The van der Waals surface area contributed by atoms with E-state index in [1.54, 1.807) is 12.1 Å². The van der Waals surface area contributed by atoms with Gasteiger partial charge in [-0.2, -0.15) is 0 Å².